The van der Waals surface area contributed by atoms with Crippen LogP contribution in [0.4, 0.5) is 5.69 Å². The molecule has 1 aliphatic rings. The zero-order valence-electron chi connectivity index (χ0n) is 11.7. The van der Waals surface area contributed by atoms with Crippen molar-refractivity contribution in [2.24, 2.45) is 5.92 Å². The molecule has 19 heavy (non-hydrogen) atoms. The third-order valence-electron chi connectivity index (χ3n) is 4.29. The highest BCUT2D eigenvalue weighted by Crippen LogP contribution is 2.40. The van der Waals surface area contributed by atoms with Crippen LogP contribution >= 0.6 is 0 Å². The number of aliphatic hydroxyl groups excluding tert-OH is 1. The second-order valence-corrected chi connectivity index (χ2v) is 5.84. The van der Waals surface area contributed by atoms with E-state index in [1.165, 1.54) is 16.7 Å². The van der Waals surface area contributed by atoms with E-state index in [0.717, 1.165) is 24.9 Å². The van der Waals surface area contributed by atoms with Gasteiger partial charge in [0.1, 0.15) is 0 Å². The molecule has 0 aromatic heterocycles. The van der Waals surface area contributed by atoms with Crippen LogP contribution in [0.15, 0.2) is 29.8 Å². The quantitative estimate of drug-likeness (QED) is 0.733. The smallest absolute Gasteiger partial charge is 0.0880 e. The average molecular weight is 261 g/mol. The average Bonchev–Trinajstić information content (AvgIpc) is 2.40. The van der Waals surface area contributed by atoms with Gasteiger partial charge in [0.05, 0.1) is 12.2 Å². The topological polar surface area (TPSA) is 66.5 Å². The highest BCUT2D eigenvalue weighted by molar-refractivity contribution is 5.70. The van der Waals surface area contributed by atoms with E-state index in [9.17, 15) is 10.2 Å². The van der Waals surface area contributed by atoms with E-state index in [2.05, 4.69) is 6.92 Å². The van der Waals surface area contributed by atoms with Crippen LogP contribution in [0.25, 0.3) is 5.57 Å². The number of benzene rings is 1. The van der Waals surface area contributed by atoms with E-state index in [4.69, 9.17) is 5.73 Å². The number of hydrogen-bond donors (Lipinski definition) is 3. The largest absolute Gasteiger partial charge is 0.399 e. The minimum absolute atomic E-state index is 0.105. The van der Waals surface area contributed by atoms with Crippen LogP contribution in [0.2, 0.25) is 0 Å². The zero-order valence-corrected chi connectivity index (χ0v) is 11.7. The lowest BCUT2D eigenvalue weighted by Crippen LogP contribution is -2.39. The molecule has 2 atom stereocenters. The summed E-state index contributed by atoms with van der Waals surface area (Å²) in [6.45, 7) is 3.68. The first-order chi connectivity index (χ1) is 8.94. The lowest BCUT2D eigenvalue weighted by molar-refractivity contribution is -0.0487. The molecular weight excluding hydrogens is 238 g/mol. The molecule has 1 aliphatic carbocycles. The second kappa shape index (κ2) is 5.35. The van der Waals surface area contributed by atoms with Gasteiger partial charge >= 0.3 is 0 Å². The Morgan fingerprint density at radius 3 is 2.53 bits per heavy atom. The van der Waals surface area contributed by atoms with Crippen molar-refractivity contribution in [3.05, 3.63) is 35.4 Å². The van der Waals surface area contributed by atoms with Crippen LogP contribution in [-0.2, 0) is 0 Å². The number of rotatable bonds is 3. The van der Waals surface area contributed by atoms with Crippen LogP contribution in [0, 0.1) is 5.92 Å². The molecule has 0 saturated heterocycles. The Balaban J connectivity index is 2.26. The molecule has 0 aliphatic heterocycles. The summed E-state index contributed by atoms with van der Waals surface area (Å²) < 4.78 is 0. The van der Waals surface area contributed by atoms with E-state index in [0.29, 0.717) is 0 Å². The number of nitrogens with two attached hydrogens (primary N) is 1. The van der Waals surface area contributed by atoms with Gasteiger partial charge in [0.15, 0.2) is 0 Å². The van der Waals surface area contributed by atoms with E-state index in [1.54, 1.807) is 6.92 Å². The van der Waals surface area contributed by atoms with Gasteiger partial charge in [-0.05, 0) is 62.3 Å². The van der Waals surface area contributed by atoms with Crippen LogP contribution in [0.3, 0.4) is 0 Å². The molecular formula is C16H23NO2. The SMILES string of the molecule is CC1=C(c2ccc(N)cc2)C[C@H](C(C)(O)CO)CC1. The fourth-order valence-electron chi connectivity index (χ4n) is 2.77. The second-order valence-electron chi connectivity index (χ2n) is 5.84. The summed E-state index contributed by atoms with van der Waals surface area (Å²) in [6.07, 6.45) is 2.71. The van der Waals surface area contributed by atoms with Crippen molar-refractivity contribution < 1.29 is 10.2 Å². The predicted molar refractivity (Wildman–Crippen MR) is 78.5 cm³/mol. The summed E-state index contributed by atoms with van der Waals surface area (Å²) in [7, 11) is 0. The van der Waals surface area contributed by atoms with Gasteiger partial charge in [0.2, 0.25) is 0 Å². The first-order valence-corrected chi connectivity index (χ1v) is 6.82. The number of aliphatic hydroxyl groups is 2. The molecule has 0 saturated carbocycles. The van der Waals surface area contributed by atoms with Crippen molar-refractivity contribution in [3.63, 3.8) is 0 Å². The van der Waals surface area contributed by atoms with Crippen LogP contribution < -0.4 is 5.73 Å². The number of allylic oxidation sites excluding steroid dienone is 2. The highest BCUT2D eigenvalue weighted by atomic mass is 16.3. The maximum absolute atomic E-state index is 10.3. The van der Waals surface area contributed by atoms with E-state index in [1.807, 2.05) is 24.3 Å². The van der Waals surface area contributed by atoms with E-state index >= 15 is 0 Å². The zero-order chi connectivity index (χ0) is 14.0. The molecule has 1 unspecified atom stereocenters. The van der Waals surface area contributed by atoms with Gasteiger partial charge in [0.25, 0.3) is 0 Å². The first-order valence-electron chi connectivity index (χ1n) is 6.82. The molecule has 0 bridgehead atoms. The summed E-state index contributed by atoms with van der Waals surface area (Å²) in [5.74, 6) is 0.105. The predicted octanol–water partition coefficient (Wildman–Crippen LogP) is 2.59. The summed E-state index contributed by atoms with van der Waals surface area (Å²) in [5, 5.41) is 19.6. The first kappa shape index (κ1) is 14.1. The molecule has 0 fully saturated rings. The van der Waals surface area contributed by atoms with Crippen molar-refractivity contribution in [1.82, 2.24) is 0 Å². The van der Waals surface area contributed by atoms with Gasteiger partial charge in [0, 0.05) is 5.69 Å². The van der Waals surface area contributed by atoms with Gasteiger partial charge in [-0.25, -0.2) is 0 Å². The van der Waals surface area contributed by atoms with Crippen LogP contribution in [-0.4, -0.2) is 22.4 Å². The van der Waals surface area contributed by atoms with Crippen molar-refractivity contribution in [2.45, 2.75) is 38.7 Å². The Hall–Kier alpha value is -1.32. The maximum Gasteiger partial charge on any atom is 0.0880 e. The summed E-state index contributed by atoms with van der Waals surface area (Å²) >= 11 is 0. The Kier molecular flexibility index (Phi) is 3.97. The lowest BCUT2D eigenvalue weighted by atomic mass is 9.74. The highest BCUT2D eigenvalue weighted by Gasteiger charge is 2.34. The standard InChI is InChI=1S/C16H23NO2/c1-11-3-6-13(16(2,19)10-18)9-15(11)12-4-7-14(17)8-5-12/h4-5,7-8,13,18-19H,3,6,9-10,17H2,1-2H3/t13-,16?/m1/s1. The molecule has 104 valence electrons. The summed E-state index contributed by atoms with van der Waals surface area (Å²) in [5.41, 5.74) is 9.30. The van der Waals surface area contributed by atoms with Crippen molar-refractivity contribution in [1.29, 1.82) is 0 Å². The molecule has 2 rings (SSSR count). The van der Waals surface area contributed by atoms with Gasteiger partial charge in [-0.15, -0.1) is 0 Å². The third-order valence-corrected chi connectivity index (χ3v) is 4.29. The van der Waals surface area contributed by atoms with Crippen LogP contribution in [0.5, 0.6) is 0 Å². The molecule has 0 amide bonds. The molecule has 4 N–H and O–H groups in total. The monoisotopic (exact) mass is 261 g/mol. The van der Waals surface area contributed by atoms with Gasteiger partial charge in [-0.1, -0.05) is 17.7 Å². The third kappa shape index (κ3) is 2.99. The fraction of sp³-hybridized carbons (Fsp3) is 0.500. The number of hydrogen-bond acceptors (Lipinski definition) is 3. The van der Waals surface area contributed by atoms with Gasteiger partial charge in [-0.3, -0.25) is 0 Å². The van der Waals surface area contributed by atoms with Crippen molar-refractivity contribution >= 4 is 11.3 Å². The Morgan fingerprint density at radius 1 is 1.32 bits per heavy atom. The lowest BCUT2D eigenvalue weighted by Gasteiger charge is -2.36. The number of nitrogen functional groups attached to an aromatic ring is 1. The Labute approximate surface area is 114 Å². The van der Waals surface area contributed by atoms with E-state index < -0.39 is 5.60 Å². The fourth-order valence-corrected chi connectivity index (χ4v) is 2.77. The normalized spacial score (nSPS) is 23.3. The van der Waals surface area contributed by atoms with Gasteiger partial charge in [-0.2, -0.15) is 0 Å². The molecule has 0 radical (unpaired) electrons. The molecule has 1 aromatic carbocycles. The van der Waals surface area contributed by atoms with Gasteiger partial charge < -0.3 is 15.9 Å². The molecule has 1 aromatic rings. The minimum atomic E-state index is -1.00. The minimum Gasteiger partial charge on any atom is -0.399 e. The maximum atomic E-state index is 10.3. The van der Waals surface area contributed by atoms with Crippen molar-refractivity contribution in [3.8, 4) is 0 Å². The Morgan fingerprint density at radius 2 is 1.95 bits per heavy atom. The summed E-state index contributed by atoms with van der Waals surface area (Å²) in [4.78, 5) is 0. The van der Waals surface area contributed by atoms with E-state index in [-0.39, 0.29) is 12.5 Å². The molecule has 0 spiro atoms. The van der Waals surface area contributed by atoms with Crippen molar-refractivity contribution in [2.75, 3.05) is 12.3 Å². The molecule has 3 nitrogen and oxygen atoms in total. The Bertz CT molecular complexity index is 474. The molecule has 0 heterocycles. The summed E-state index contributed by atoms with van der Waals surface area (Å²) in [6, 6.07) is 7.88. The molecule has 3 heteroatoms. The van der Waals surface area contributed by atoms with Crippen LogP contribution in [0.1, 0.15) is 38.7 Å². The number of anilines is 1.